The van der Waals surface area contributed by atoms with E-state index in [2.05, 4.69) is 65.7 Å². The third-order valence-corrected chi connectivity index (χ3v) is 3.38. The van der Waals surface area contributed by atoms with Crippen molar-refractivity contribution < 1.29 is 0 Å². The van der Waals surface area contributed by atoms with Crippen molar-refractivity contribution in [2.75, 3.05) is 26.5 Å². The number of benzene rings is 1. The average molecular weight is 256 g/mol. The van der Waals surface area contributed by atoms with E-state index >= 15 is 0 Å². The van der Waals surface area contributed by atoms with Crippen LogP contribution in [0.15, 0.2) is 36.4 Å². The normalized spacial score (nSPS) is 12.5. The monoisotopic (exact) mass is 256 g/mol. The molecule has 0 aliphatic rings. The zero-order chi connectivity index (χ0) is 13.8. The van der Waals surface area contributed by atoms with E-state index in [0.717, 1.165) is 17.1 Å². The van der Waals surface area contributed by atoms with Crippen LogP contribution in [-0.4, -0.2) is 36.2 Å². The Morgan fingerprint density at radius 3 is 2.16 bits per heavy atom. The molecular weight excluding hydrogens is 236 g/mol. The van der Waals surface area contributed by atoms with Gasteiger partial charge in [-0.25, -0.2) is 0 Å². The number of nitrogens with one attached hydrogen (secondary N) is 1. The van der Waals surface area contributed by atoms with Crippen LogP contribution < -0.4 is 5.32 Å². The number of hydrogen-bond donors (Lipinski definition) is 1. The molecular formula is C15H20N4. The van der Waals surface area contributed by atoms with Gasteiger partial charge in [-0.2, -0.15) is 0 Å². The predicted octanol–water partition coefficient (Wildman–Crippen LogP) is 2.81. The maximum absolute atomic E-state index is 4.21. The third-order valence-electron chi connectivity index (χ3n) is 3.38. The van der Waals surface area contributed by atoms with E-state index in [4.69, 9.17) is 0 Å². The molecule has 4 nitrogen and oxygen atoms in total. The molecule has 0 saturated carbocycles. The molecule has 1 unspecified atom stereocenters. The van der Waals surface area contributed by atoms with Gasteiger partial charge in [-0.15, -0.1) is 10.2 Å². The topological polar surface area (TPSA) is 41.0 Å². The molecule has 0 fully saturated rings. The Hall–Kier alpha value is -1.94. The van der Waals surface area contributed by atoms with Crippen molar-refractivity contribution in [3.05, 3.63) is 42.0 Å². The van der Waals surface area contributed by atoms with E-state index in [9.17, 15) is 0 Å². The van der Waals surface area contributed by atoms with Crippen LogP contribution in [-0.2, 0) is 0 Å². The summed E-state index contributed by atoms with van der Waals surface area (Å²) >= 11 is 0. The summed E-state index contributed by atoms with van der Waals surface area (Å²) in [6, 6.07) is 12.8. The van der Waals surface area contributed by atoms with Crippen molar-refractivity contribution in [3.63, 3.8) is 0 Å². The van der Waals surface area contributed by atoms with Crippen molar-refractivity contribution in [1.82, 2.24) is 15.1 Å². The molecule has 1 aromatic carbocycles. The van der Waals surface area contributed by atoms with E-state index < -0.39 is 0 Å². The van der Waals surface area contributed by atoms with Gasteiger partial charge in [0.1, 0.15) is 5.82 Å². The maximum atomic E-state index is 4.21. The molecule has 0 bridgehead atoms. The molecule has 0 radical (unpaired) electrons. The van der Waals surface area contributed by atoms with Gasteiger partial charge in [0.05, 0.1) is 5.69 Å². The Balaban J connectivity index is 2.22. The minimum Gasteiger partial charge on any atom is -0.372 e. The summed E-state index contributed by atoms with van der Waals surface area (Å²) in [4.78, 5) is 2.19. The highest BCUT2D eigenvalue weighted by Gasteiger charge is 2.08. The first-order valence-electron chi connectivity index (χ1n) is 6.40. The molecule has 100 valence electrons. The summed E-state index contributed by atoms with van der Waals surface area (Å²) in [5.74, 6) is 0.779. The fourth-order valence-electron chi connectivity index (χ4n) is 1.85. The van der Waals surface area contributed by atoms with Gasteiger partial charge in [0, 0.05) is 18.7 Å². The van der Waals surface area contributed by atoms with Crippen LogP contribution in [0.4, 0.5) is 5.82 Å². The first-order valence-corrected chi connectivity index (χ1v) is 6.40. The smallest absolute Gasteiger partial charge is 0.148 e. The van der Waals surface area contributed by atoms with Crippen molar-refractivity contribution in [1.29, 1.82) is 0 Å². The number of aromatic nitrogens is 2. The van der Waals surface area contributed by atoms with E-state index in [-0.39, 0.29) is 0 Å². The van der Waals surface area contributed by atoms with Gasteiger partial charge < -0.3 is 10.2 Å². The molecule has 0 spiro atoms. The van der Waals surface area contributed by atoms with Gasteiger partial charge in [0.2, 0.25) is 0 Å². The SMILES string of the molecule is CNc1ccc(-c2ccc(C(C)N(C)C)cc2)nn1. The van der Waals surface area contributed by atoms with E-state index in [1.54, 1.807) is 0 Å². The Labute approximate surface area is 114 Å². The Bertz CT molecular complexity index is 517. The molecule has 4 heteroatoms. The number of anilines is 1. The Morgan fingerprint density at radius 1 is 1.00 bits per heavy atom. The fourth-order valence-corrected chi connectivity index (χ4v) is 1.85. The zero-order valence-corrected chi connectivity index (χ0v) is 11.9. The average Bonchev–Trinajstić information content (AvgIpc) is 2.46. The van der Waals surface area contributed by atoms with Crippen LogP contribution in [0.3, 0.4) is 0 Å². The highest BCUT2D eigenvalue weighted by molar-refractivity contribution is 5.60. The molecule has 2 rings (SSSR count). The standard InChI is InChI=1S/C15H20N4/c1-11(19(3)4)12-5-7-13(8-6-12)14-9-10-15(16-2)18-17-14/h5-11H,1-4H3,(H,16,18). The first-order chi connectivity index (χ1) is 9.11. The minimum absolute atomic E-state index is 0.409. The summed E-state index contributed by atoms with van der Waals surface area (Å²) in [5.41, 5.74) is 3.28. The molecule has 1 N–H and O–H groups in total. The van der Waals surface area contributed by atoms with Crippen LogP contribution >= 0.6 is 0 Å². The van der Waals surface area contributed by atoms with E-state index in [1.807, 2.05) is 19.2 Å². The fraction of sp³-hybridized carbons (Fsp3) is 0.333. The summed E-state index contributed by atoms with van der Waals surface area (Å²) < 4.78 is 0. The Kier molecular flexibility index (Phi) is 4.12. The lowest BCUT2D eigenvalue weighted by Gasteiger charge is -2.20. The van der Waals surface area contributed by atoms with Crippen molar-refractivity contribution in [2.45, 2.75) is 13.0 Å². The number of hydrogen-bond acceptors (Lipinski definition) is 4. The highest BCUT2D eigenvalue weighted by Crippen LogP contribution is 2.22. The summed E-state index contributed by atoms with van der Waals surface area (Å²) in [6.07, 6.45) is 0. The van der Waals surface area contributed by atoms with Crippen molar-refractivity contribution >= 4 is 5.82 Å². The molecule has 19 heavy (non-hydrogen) atoms. The predicted molar refractivity (Wildman–Crippen MR) is 79.1 cm³/mol. The van der Waals surface area contributed by atoms with Gasteiger partial charge >= 0.3 is 0 Å². The first kappa shape index (κ1) is 13.5. The molecule has 0 saturated heterocycles. The number of nitrogens with zero attached hydrogens (tertiary/aromatic N) is 3. The molecule has 0 aliphatic carbocycles. The van der Waals surface area contributed by atoms with Crippen LogP contribution in [0.1, 0.15) is 18.5 Å². The van der Waals surface area contributed by atoms with E-state index in [0.29, 0.717) is 6.04 Å². The van der Waals surface area contributed by atoms with Crippen LogP contribution in [0.2, 0.25) is 0 Å². The van der Waals surface area contributed by atoms with Gasteiger partial charge in [-0.05, 0) is 38.7 Å². The van der Waals surface area contributed by atoms with Crippen molar-refractivity contribution in [3.8, 4) is 11.3 Å². The third kappa shape index (κ3) is 3.09. The lowest BCUT2D eigenvalue weighted by molar-refractivity contribution is 0.321. The molecule has 2 aromatic rings. The molecule has 1 atom stereocenters. The van der Waals surface area contributed by atoms with Crippen LogP contribution in [0.5, 0.6) is 0 Å². The lowest BCUT2D eigenvalue weighted by atomic mass is 10.0. The van der Waals surface area contributed by atoms with Gasteiger partial charge in [0.25, 0.3) is 0 Å². The summed E-state index contributed by atoms with van der Waals surface area (Å²) in [6.45, 7) is 2.19. The second-order valence-corrected chi connectivity index (χ2v) is 4.82. The summed E-state index contributed by atoms with van der Waals surface area (Å²) in [7, 11) is 6.00. The molecule has 0 amide bonds. The van der Waals surface area contributed by atoms with Crippen LogP contribution in [0.25, 0.3) is 11.3 Å². The van der Waals surface area contributed by atoms with Gasteiger partial charge in [-0.1, -0.05) is 24.3 Å². The van der Waals surface area contributed by atoms with E-state index in [1.165, 1.54) is 5.56 Å². The lowest BCUT2D eigenvalue weighted by Crippen LogP contribution is -2.16. The second-order valence-electron chi connectivity index (χ2n) is 4.82. The maximum Gasteiger partial charge on any atom is 0.148 e. The van der Waals surface area contributed by atoms with Gasteiger partial charge in [0.15, 0.2) is 0 Å². The second kappa shape index (κ2) is 5.80. The Morgan fingerprint density at radius 2 is 1.68 bits per heavy atom. The highest BCUT2D eigenvalue weighted by atomic mass is 15.2. The molecule has 1 heterocycles. The molecule has 1 aromatic heterocycles. The zero-order valence-electron chi connectivity index (χ0n) is 11.9. The van der Waals surface area contributed by atoms with Crippen LogP contribution in [0, 0.1) is 0 Å². The summed E-state index contributed by atoms with van der Waals surface area (Å²) in [5, 5.41) is 11.3. The quantitative estimate of drug-likeness (QED) is 0.913. The minimum atomic E-state index is 0.409. The number of rotatable bonds is 4. The van der Waals surface area contributed by atoms with Gasteiger partial charge in [-0.3, -0.25) is 0 Å². The molecule has 0 aliphatic heterocycles. The largest absolute Gasteiger partial charge is 0.372 e. The van der Waals surface area contributed by atoms with Crippen molar-refractivity contribution in [2.24, 2.45) is 0 Å².